The van der Waals surface area contributed by atoms with E-state index in [1.807, 2.05) is 48.6 Å². The molecule has 0 aromatic heterocycles. The Morgan fingerprint density at radius 2 is 0.943 bits per heavy atom. The average Bonchev–Trinajstić information content (AvgIpc) is 3.74. The molecule has 2 atom stereocenters. The van der Waals surface area contributed by atoms with E-state index >= 15 is 0 Å². The van der Waals surface area contributed by atoms with Crippen molar-refractivity contribution in [2.24, 2.45) is 0 Å². The van der Waals surface area contributed by atoms with Crippen LogP contribution in [0.1, 0.15) is 22.3 Å². The van der Waals surface area contributed by atoms with Crippen LogP contribution in [0.15, 0.2) is 74.9 Å². The molecule has 2 unspecified atom stereocenters. The van der Waals surface area contributed by atoms with Gasteiger partial charge in [0, 0.05) is 22.3 Å². The van der Waals surface area contributed by atoms with Crippen molar-refractivity contribution in [3.8, 4) is 23.0 Å². The summed E-state index contributed by atoms with van der Waals surface area (Å²) >= 11 is 0. The van der Waals surface area contributed by atoms with Gasteiger partial charge in [0.2, 0.25) is 0 Å². The predicted molar refractivity (Wildman–Crippen MR) is 139 cm³/mol. The van der Waals surface area contributed by atoms with Crippen molar-refractivity contribution >= 4 is 0 Å². The Morgan fingerprint density at radius 1 is 0.629 bits per heavy atom. The first kappa shape index (κ1) is 24.8. The van der Waals surface area contributed by atoms with Crippen molar-refractivity contribution in [1.82, 2.24) is 0 Å². The van der Waals surface area contributed by atoms with E-state index < -0.39 is 0 Å². The van der Waals surface area contributed by atoms with Crippen LogP contribution < -0.4 is 14.2 Å². The summed E-state index contributed by atoms with van der Waals surface area (Å²) < 4.78 is 29.3. The quantitative estimate of drug-likeness (QED) is 0.222. The highest BCUT2D eigenvalue weighted by Crippen LogP contribution is 2.37. The summed E-state index contributed by atoms with van der Waals surface area (Å²) in [7, 11) is 0. The van der Waals surface area contributed by atoms with Gasteiger partial charge < -0.3 is 23.7 Å². The van der Waals surface area contributed by atoms with Crippen LogP contribution in [0.4, 0.5) is 0 Å². The molecule has 5 nitrogen and oxygen atoms in total. The van der Waals surface area contributed by atoms with Crippen LogP contribution >= 0.6 is 0 Å². The topological polar surface area (TPSA) is 52.8 Å². The number of hydrogen-bond acceptors (Lipinski definition) is 5. The lowest BCUT2D eigenvalue weighted by molar-refractivity contribution is 0.259. The third kappa shape index (κ3) is 6.87. The molecule has 4 rings (SSSR count). The highest BCUT2D eigenvalue weighted by molar-refractivity contribution is 5.53. The van der Waals surface area contributed by atoms with Gasteiger partial charge in [0.15, 0.2) is 0 Å². The van der Waals surface area contributed by atoms with Crippen molar-refractivity contribution in [2.45, 2.75) is 37.9 Å². The monoisotopic (exact) mass is 474 g/mol. The zero-order valence-electron chi connectivity index (χ0n) is 20.3. The van der Waals surface area contributed by atoms with E-state index in [0.717, 1.165) is 58.5 Å². The van der Waals surface area contributed by atoms with Crippen LogP contribution in [0.5, 0.6) is 23.0 Å². The lowest BCUT2D eigenvalue weighted by Crippen LogP contribution is -2.09. The minimum Gasteiger partial charge on any atom is -0.490 e. The van der Waals surface area contributed by atoms with Crippen LogP contribution in [0.2, 0.25) is 0 Å². The molecular formula is C30H34O5. The Labute approximate surface area is 208 Å². The molecule has 2 aromatic rings. The summed E-state index contributed by atoms with van der Waals surface area (Å²) in [5.74, 6) is 3.20. The molecule has 0 radical (unpaired) electrons. The van der Waals surface area contributed by atoms with Gasteiger partial charge in [0.05, 0.1) is 13.2 Å². The van der Waals surface area contributed by atoms with E-state index in [-0.39, 0.29) is 12.2 Å². The van der Waals surface area contributed by atoms with Crippen molar-refractivity contribution in [3.05, 3.63) is 97.1 Å². The lowest BCUT2D eigenvalue weighted by Gasteiger charge is -2.19. The smallest absolute Gasteiger partial charge is 0.128 e. The summed E-state index contributed by atoms with van der Waals surface area (Å²) in [6.07, 6.45) is 10.5. The largest absolute Gasteiger partial charge is 0.490 e. The van der Waals surface area contributed by atoms with E-state index in [1.54, 1.807) is 0 Å². The first-order valence-electron chi connectivity index (χ1n) is 12.1. The molecule has 0 bridgehead atoms. The number of benzene rings is 2. The molecule has 0 spiro atoms. The summed E-state index contributed by atoms with van der Waals surface area (Å²) in [4.78, 5) is 0. The Morgan fingerprint density at radius 3 is 1.20 bits per heavy atom. The normalized spacial score (nSPS) is 17.8. The van der Waals surface area contributed by atoms with Crippen LogP contribution in [0.3, 0.4) is 0 Å². The standard InChI is InChI=1S/C30H34O5/c1-5-9-21-13-25(14-22(10-6-2)29(21)33-19-27-17-31-27)35-26-15-23(11-7-3)30(24(16-26)12-8-4)34-20-28-18-32-28/h5-8,13-16,27-28H,1-4,9-12,17-20H2. The molecule has 0 aliphatic carbocycles. The van der Waals surface area contributed by atoms with Crippen molar-refractivity contribution in [2.75, 3.05) is 26.4 Å². The second kappa shape index (κ2) is 11.9. The van der Waals surface area contributed by atoms with Crippen LogP contribution in [0.25, 0.3) is 0 Å². The fourth-order valence-electron chi connectivity index (χ4n) is 3.98. The fraction of sp³-hybridized carbons (Fsp3) is 0.333. The maximum Gasteiger partial charge on any atom is 0.128 e. The van der Waals surface area contributed by atoms with Gasteiger partial charge in [0.1, 0.15) is 48.4 Å². The zero-order chi connectivity index (χ0) is 24.6. The van der Waals surface area contributed by atoms with Crippen molar-refractivity contribution < 1.29 is 23.7 Å². The van der Waals surface area contributed by atoms with Gasteiger partial charge >= 0.3 is 0 Å². The van der Waals surface area contributed by atoms with Crippen molar-refractivity contribution in [3.63, 3.8) is 0 Å². The molecule has 0 N–H and O–H groups in total. The lowest BCUT2D eigenvalue weighted by atomic mass is 10.0. The van der Waals surface area contributed by atoms with Gasteiger partial charge in [-0.3, -0.25) is 0 Å². The maximum atomic E-state index is 6.41. The van der Waals surface area contributed by atoms with Gasteiger partial charge in [-0.1, -0.05) is 24.3 Å². The molecule has 5 heteroatoms. The number of ether oxygens (including phenoxy) is 5. The second-order valence-electron chi connectivity index (χ2n) is 8.75. The molecule has 2 fully saturated rings. The Bertz CT molecular complexity index is 931. The third-order valence-corrected chi connectivity index (χ3v) is 5.76. The second-order valence-corrected chi connectivity index (χ2v) is 8.75. The van der Waals surface area contributed by atoms with E-state index in [9.17, 15) is 0 Å². The summed E-state index contributed by atoms with van der Waals surface area (Å²) in [6, 6.07) is 8.08. The number of rotatable bonds is 16. The Kier molecular flexibility index (Phi) is 8.45. The third-order valence-electron chi connectivity index (χ3n) is 5.76. The molecule has 2 heterocycles. The molecule has 184 valence electrons. The highest BCUT2D eigenvalue weighted by Gasteiger charge is 2.25. The van der Waals surface area contributed by atoms with Crippen LogP contribution in [0, 0.1) is 0 Å². The first-order chi connectivity index (χ1) is 17.1. The van der Waals surface area contributed by atoms with E-state index in [2.05, 4.69) is 26.3 Å². The summed E-state index contributed by atoms with van der Waals surface area (Å²) in [5, 5.41) is 0. The highest BCUT2D eigenvalue weighted by atomic mass is 16.6. The van der Waals surface area contributed by atoms with Crippen LogP contribution in [-0.4, -0.2) is 38.6 Å². The molecule has 2 aliphatic rings. The number of allylic oxidation sites excluding steroid dienone is 4. The van der Waals surface area contributed by atoms with Gasteiger partial charge in [-0.15, -0.1) is 26.3 Å². The van der Waals surface area contributed by atoms with E-state index in [0.29, 0.717) is 38.9 Å². The van der Waals surface area contributed by atoms with Gasteiger partial charge in [0.25, 0.3) is 0 Å². The fourth-order valence-corrected chi connectivity index (χ4v) is 3.98. The first-order valence-corrected chi connectivity index (χ1v) is 12.1. The van der Waals surface area contributed by atoms with E-state index in [1.165, 1.54) is 0 Å². The Balaban J connectivity index is 1.66. The number of hydrogen-bond donors (Lipinski definition) is 0. The molecule has 0 saturated carbocycles. The molecular weight excluding hydrogens is 440 g/mol. The average molecular weight is 475 g/mol. The Hall–Kier alpha value is -3.28. The SMILES string of the molecule is C=CCc1cc(Oc2cc(CC=C)c(OCC3CO3)c(CC=C)c2)cc(CC=C)c1OCC1CO1. The number of epoxide rings is 2. The minimum atomic E-state index is 0.179. The molecule has 0 amide bonds. The summed E-state index contributed by atoms with van der Waals surface area (Å²) in [5.41, 5.74) is 4.10. The maximum absolute atomic E-state index is 6.41. The summed E-state index contributed by atoms with van der Waals surface area (Å²) in [6.45, 7) is 18.3. The molecule has 35 heavy (non-hydrogen) atoms. The molecule has 2 saturated heterocycles. The zero-order valence-corrected chi connectivity index (χ0v) is 20.3. The van der Waals surface area contributed by atoms with Crippen molar-refractivity contribution in [1.29, 1.82) is 0 Å². The van der Waals surface area contributed by atoms with Gasteiger partial charge in [-0.05, 0) is 49.9 Å². The van der Waals surface area contributed by atoms with Gasteiger partial charge in [-0.2, -0.15) is 0 Å². The molecule has 2 aliphatic heterocycles. The van der Waals surface area contributed by atoms with E-state index in [4.69, 9.17) is 23.7 Å². The predicted octanol–water partition coefficient (Wildman–Crippen LogP) is 5.95. The van der Waals surface area contributed by atoms with Crippen LogP contribution in [-0.2, 0) is 35.2 Å². The van der Waals surface area contributed by atoms with Gasteiger partial charge in [-0.25, -0.2) is 0 Å². The minimum absolute atomic E-state index is 0.179. The molecule has 2 aromatic carbocycles.